The lowest BCUT2D eigenvalue weighted by atomic mass is 9.88. The van der Waals surface area contributed by atoms with Crippen LogP contribution in [0.15, 0.2) is 0 Å². The Bertz CT molecular complexity index is 263. The summed E-state index contributed by atoms with van der Waals surface area (Å²) in [5.41, 5.74) is 0. The van der Waals surface area contributed by atoms with Crippen LogP contribution in [0.5, 0.6) is 0 Å². The van der Waals surface area contributed by atoms with Crippen molar-refractivity contribution >= 4 is 0 Å². The van der Waals surface area contributed by atoms with Crippen LogP contribution < -0.4 is 5.32 Å². The molecule has 0 spiro atoms. The van der Waals surface area contributed by atoms with Gasteiger partial charge in [0, 0.05) is 31.2 Å². The maximum Gasteiger partial charge on any atom is 0.0578 e. The quantitative estimate of drug-likeness (QED) is 0.759. The molecule has 1 saturated heterocycles. The molecule has 0 bridgehead atoms. The lowest BCUT2D eigenvalue weighted by molar-refractivity contribution is 0.0323. The molecule has 3 heteroatoms. The predicted octanol–water partition coefficient (Wildman–Crippen LogP) is 1.36. The van der Waals surface area contributed by atoms with E-state index in [1.54, 1.807) is 0 Å². The molecule has 2 N–H and O–H groups in total. The topological polar surface area (TPSA) is 35.5 Å². The Morgan fingerprint density at radius 1 is 1.18 bits per heavy atom. The second-order valence-corrected chi connectivity index (χ2v) is 6.29. The summed E-state index contributed by atoms with van der Waals surface area (Å²) in [6.07, 6.45) is 7.46. The molecule has 17 heavy (non-hydrogen) atoms. The highest BCUT2D eigenvalue weighted by Gasteiger charge is 2.39. The van der Waals surface area contributed by atoms with E-state index in [1.165, 1.54) is 38.6 Å². The van der Waals surface area contributed by atoms with Crippen molar-refractivity contribution < 1.29 is 5.11 Å². The highest BCUT2D eigenvalue weighted by Crippen LogP contribution is 2.33. The summed E-state index contributed by atoms with van der Waals surface area (Å²) in [6, 6.07) is 2.26. The zero-order chi connectivity index (χ0) is 11.8. The summed E-state index contributed by atoms with van der Waals surface area (Å²) < 4.78 is 0. The van der Waals surface area contributed by atoms with Crippen LogP contribution in [0.3, 0.4) is 0 Å². The Hall–Kier alpha value is -0.120. The van der Waals surface area contributed by atoms with E-state index >= 15 is 0 Å². The maximum absolute atomic E-state index is 10.1. The molecule has 0 aromatic heterocycles. The molecule has 3 atom stereocenters. The molecule has 0 radical (unpaired) electrons. The minimum atomic E-state index is -0.0972. The average molecular weight is 238 g/mol. The maximum atomic E-state index is 10.1. The van der Waals surface area contributed by atoms with Crippen LogP contribution in [-0.4, -0.2) is 47.3 Å². The number of nitrogens with zero attached hydrogens (tertiary/aromatic N) is 1. The van der Waals surface area contributed by atoms with Crippen molar-refractivity contribution in [2.45, 2.75) is 69.7 Å². The minimum Gasteiger partial charge on any atom is -0.393 e. The number of rotatable bonds is 5. The molecule has 3 fully saturated rings. The van der Waals surface area contributed by atoms with Crippen molar-refractivity contribution in [1.82, 2.24) is 10.2 Å². The molecular formula is C14H26N2O. The van der Waals surface area contributed by atoms with Gasteiger partial charge in [-0.1, -0.05) is 6.92 Å². The molecule has 3 rings (SSSR count). The third-order valence-electron chi connectivity index (χ3n) is 4.59. The van der Waals surface area contributed by atoms with Gasteiger partial charge in [-0.25, -0.2) is 0 Å². The second kappa shape index (κ2) is 4.87. The van der Waals surface area contributed by atoms with Crippen LogP contribution in [0, 0.1) is 5.92 Å². The van der Waals surface area contributed by atoms with E-state index in [-0.39, 0.29) is 6.10 Å². The summed E-state index contributed by atoms with van der Waals surface area (Å²) >= 11 is 0. The SMILES string of the molecule is CCC(O)C1CC(NC2CC2)CN(C2CC2)C1. The van der Waals surface area contributed by atoms with Crippen molar-refractivity contribution in [2.24, 2.45) is 5.92 Å². The van der Waals surface area contributed by atoms with Crippen molar-refractivity contribution in [3.63, 3.8) is 0 Å². The van der Waals surface area contributed by atoms with Crippen LogP contribution in [0.4, 0.5) is 0 Å². The summed E-state index contributed by atoms with van der Waals surface area (Å²) in [6.45, 7) is 4.45. The Balaban J connectivity index is 1.59. The van der Waals surface area contributed by atoms with Gasteiger partial charge in [-0.2, -0.15) is 0 Å². The molecule has 1 heterocycles. The van der Waals surface area contributed by atoms with Gasteiger partial charge in [-0.3, -0.25) is 4.90 Å². The first-order chi connectivity index (χ1) is 8.26. The summed E-state index contributed by atoms with van der Waals surface area (Å²) in [5.74, 6) is 0.491. The zero-order valence-corrected chi connectivity index (χ0v) is 10.9. The first-order valence-corrected chi connectivity index (χ1v) is 7.44. The molecule has 2 saturated carbocycles. The highest BCUT2D eigenvalue weighted by atomic mass is 16.3. The van der Waals surface area contributed by atoms with Crippen LogP contribution in [0.25, 0.3) is 0 Å². The van der Waals surface area contributed by atoms with Gasteiger partial charge < -0.3 is 10.4 Å². The molecule has 2 aliphatic carbocycles. The normalized spacial score (nSPS) is 37.1. The van der Waals surface area contributed by atoms with Gasteiger partial charge in [0.05, 0.1) is 6.10 Å². The lowest BCUT2D eigenvalue weighted by Crippen LogP contribution is -2.52. The van der Waals surface area contributed by atoms with Gasteiger partial charge in [-0.05, 0) is 44.4 Å². The number of hydrogen-bond donors (Lipinski definition) is 2. The number of nitrogens with one attached hydrogen (secondary N) is 1. The van der Waals surface area contributed by atoms with Crippen molar-refractivity contribution in [1.29, 1.82) is 0 Å². The van der Waals surface area contributed by atoms with Crippen LogP contribution in [0.1, 0.15) is 45.4 Å². The minimum absolute atomic E-state index is 0.0972. The Labute approximate surface area is 105 Å². The van der Waals surface area contributed by atoms with E-state index in [0.29, 0.717) is 12.0 Å². The first kappa shape index (κ1) is 11.9. The fraction of sp³-hybridized carbons (Fsp3) is 1.00. The molecule has 3 nitrogen and oxygen atoms in total. The molecule has 1 aliphatic heterocycles. The smallest absolute Gasteiger partial charge is 0.0578 e. The predicted molar refractivity (Wildman–Crippen MR) is 68.9 cm³/mol. The van der Waals surface area contributed by atoms with Gasteiger partial charge >= 0.3 is 0 Å². The third-order valence-corrected chi connectivity index (χ3v) is 4.59. The van der Waals surface area contributed by atoms with Gasteiger partial charge in [-0.15, -0.1) is 0 Å². The fourth-order valence-electron chi connectivity index (χ4n) is 3.23. The van der Waals surface area contributed by atoms with E-state index < -0.39 is 0 Å². The van der Waals surface area contributed by atoms with Gasteiger partial charge in [0.25, 0.3) is 0 Å². The van der Waals surface area contributed by atoms with E-state index in [2.05, 4.69) is 17.1 Å². The van der Waals surface area contributed by atoms with Gasteiger partial charge in [0.15, 0.2) is 0 Å². The molecule has 3 aliphatic rings. The number of aliphatic hydroxyl groups excluding tert-OH is 1. The number of piperidine rings is 1. The summed E-state index contributed by atoms with van der Waals surface area (Å²) in [5, 5.41) is 13.9. The zero-order valence-electron chi connectivity index (χ0n) is 10.9. The standard InChI is InChI=1S/C14H26N2O/c1-2-14(17)10-7-12(15-11-3-4-11)9-16(8-10)13-5-6-13/h10-15,17H,2-9H2,1H3. The van der Waals surface area contributed by atoms with Gasteiger partial charge in [0.2, 0.25) is 0 Å². The van der Waals surface area contributed by atoms with Crippen LogP contribution in [-0.2, 0) is 0 Å². The molecule has 0 amide bonds. The molecule has 0 aromatic carbocycles. The molecular weight excluding hydrogens is 212 g/mol. The third kappa shape index (κ3) is 3.01. The number of hydrogen-bond acceptors (Lipinski definition) is 3. The summed E-state index contributed by atoms with van der Waals surface area (Å²) in [4.78, 5) is 2.63. The van der Waals surface area contributed by atoms with Crippen molar-refractivity contribution in [3.05, 3.63) is 0 Å². The van der Waals surface area contributed by atoms with E-state index in [0.717, 1.165) is 25.0 Å². The Kier molecular flexibility index (Phi) is 3.42. The average Bonchev–Trinajstić information content (AvgIpc) is 3.19. The lowest BCUT2D eigenvalue weighted by Gasteiger charge is -2.40. The second-order valence-electron chi connectivity index (χ2n) is 6.29. The Morgan fingerprint density at radius 3 is 2.53 bits per heavy atom. The van der Waals surface area contributed by atoms with Gasteiger partial charge in [0.1, 0.15) is 0 Å². The highest BCUT2D eigenvalue weighted by molar-refractivity contribution is 4.96. The van der Waals surface area contributed by atoms with Crippen molar-refractivity contribution in [3.8, 4) is 0 Å². The number of aliphatic hydroxyl groups is 1. The number of likely N-dealkylation sites (tertiary alicyclic amines) is 1. The van der Waals surface area contributed by atoms with Crippen molar-refractivity contribution in [2.75, 3.05) is 13.1 Å². The molecule has 98 valence electrons. The van der Waals surface area contributed by atoms with E-state index in [1.807, 2.05) is 0 Å². The molecule has 3 unspecified atom stereocenters. The van der Waals surface area contributed by atoms with Crippen LogP contribution in [0.2, 0.25) is 0 Å². The van der Waals surface area contributed by atoms with E-state index in [9.17, 15) is 5.11 Å². The van der Waals surface area contributed by atoms with Crippen LogP contribution >= 0.6 is 0 Å². The largest absolute Gasteiger partial charge is 0.393 e. The fourth-order valence-corrected chi connectivity index (χ4v) is 3.23. The summed E-state index contributed by atoms with van der Waals surface area (Å²) in [7, 11) is 0. The van der Waals surface area contributed by atoms with E-state index in [4.69, 9.17) is 0 Å². The molecule has 0 aromatic rings. The Morgan fingerprint density at radius 2 is 1.94 bits per heavy atom. The first-order valence-electron chi connectivity index (χ1n) is 7.44. The monoisotopic (exact) mass is 238 g/mol.